The summed E-state index contributed by atoms with van der Waals surface area (Å²) in [7, 11) is -1.56. The Morgan fingerprint density at radius 1 is 1.26 bits per heavy atom. The number of carbonyl (C=O) groups excluding carboxylic acids is 1. The fourth-order valence-electron chi connectivity index (χ4n) is 2.85. The van der Waals surface area contributed by atoms with Gasteiger partial charge in [0.2, 0.25) is 0 Å². The maximum Gasteiger partial charge on any atom is 0.251 e. The van der Waals surface area contributed by atoms with Gasteiger partial charge in [0.25, 0.3) is 5.91 Å². The van der Waals surface area contributed by atoms with E-state index in [1.54, 1.807) is 30.5 Å². The molecule has 0 aliphatic rings. The van der Waals surface area contributed by atoms with E-state index in [1.165, 1.54) is 0 Å². The van der Waals surface area contributed by atoms with Gasteiger partial charge in [0, 0.05) is 23.2 Å². The molecule has 0 radical (unpaired) electrons. The van der Waals surface area contributed by atoms with E-state index >= 15 is 0 Å². The summed E-state index contributed by atoms with van der Waals surface area (Å²) in [6, 6.07) is 12.6. The maximum absolute atomic E-state index is 12.8. The molecule has 27 heavy (non-hydrogen) atoms. The van der Waals surface area contributed by atoms with Crippen LogP contribution >= 0.6 is 0 Å². The van der Waals surface area contributed by atoms with E-state index in [4.69, 9.17) is 0 Å². The van der Waals surface area contributed by atoms with Crippen molar-refractivity contribution in [3.8, 4) is 6.07 Å². The van der Waals surface area contributed by atoms with Gasteiger partial charge in [-0.25, -0.2) is 4.21 Å². The van der Waals surface area contributed by atoms with Crippen LogP contribution in [0, 0.1) is 18.3 Å². The lowest BCUT2D eigenvalue weighted by atomic mass is 10.1. The van der Waals surface area contributed by atoms with Gasteiger partial charge in [0.15, 0.2) is 0 Å². The van der Waals surface area contributed by atoms with Crippen molar-refractivity contribution in [2.24, 2.45) is 0 Å². The van der Waals surface area contributed by atoms with Gasteiger partial charge in [-0.1, -0.05) is 12.1 Å². The molecule has 1 atom stereocenters. The highest BCUT2D eigenvalue weighted by Gasteiger charge is 2.14. The van der Waals surface area contributed by atoms with Gasteiger partial charge in [-0.05, 0) is 50.6 Å². The highest BCUT2D eigenvalue weighted by Crippen LogP contribution is 2.29. The quantitative estimate of drug-likeness (QED) is 0.630. The Morgan fingerprint density at radius 3 is 2.74 bits per heavy atom. The smallest absolute Gasteiger partial charge is 0.251 e. The standard InChI is InChI=1S/C20H20N4O2S/c1-12(2)23-20(25)14-5-4-6-16(9-14)27(26)24-17-8-7-13(3)18-15(10-21)11-22-19(17)18/h4-9,11-12,22,24H,1-3H3,(H,23,25). The molecule has 0 saturated carbocycles. The second-order valence-corrected chi connectivity index (χ2v) is 7.73. The number of anilines is 1. The molecular weight excluding hydrogens is 360 g/mol. The predicted octanol–water partition coefficient (Wildman–Crippen LogP) is 3.62. The zero-order valence-electron chi connectivity index (χ0n) is 15.3. The molecule has 0 spiro atoms. The number of rotatable bonds is 5. The fourth-order valence-corrected chi connectivity index (χ4v) is 3.77. The van der Waals surface area contributed by atoms with Gasteiger partial charge < -0.3 is 10.3 Å². The Balaban J connectivity index is 1.90. The summed E-state index contributed by atoms with van der Waals surface area (Å²) in [5.74, 6) is -0.204. The van der Waals surface area contributed by atoms with Crippen molar-refractivity contribution >= 4 is 33.5 Å². The number of fused-ring (bicyclic) bond motifs is 1. The van der Waals surface area contributed by atoms with E-state index in [1.807, 2.05) is 32.9 Å². The van der Waals surface area contributed by atoms with Crippen molar-refractivity contribution in [2.75, 3.05) is 4.72 Å². The first-order valence-electron chi connectivity index (χ1n) is 8.51. The Hall–Kier alpha value is -3.11. The van der Waals surface area contributed by atoms with E-state index < -0.39 is 11.0 Å². The third-order valence-electron chi connectivity index (χ3n) is 4.10. The van der Waals surface area contributed by atoms with Crippen LogP contribution in [0.2, 0.25) is 0 Å². The molecule has 0 bridgehead atoms. The third kappa shape index (κ3) is 3.86. The molecular formula is C20H20N4O2S. The molecule has 0 aliphatic heterocycles. The summed E-state index contributed by atoms with van der Waals surface area (Å²) in [4.78, 5) is 15.7. The minimum atomic E-state index is -1.56. The molecule has 2 aromatic carbocycles. The summed E-state index contributed by atoms with van der Waals surface area (Å²) in [5.41, 5.74) is 3.33. The minimum absolute atomic E-state index is 0.0211. The van der Waals surface area contributed by atoms with E-state index in [2.05, 4.69) is 21.1 Å². The Bertz CT molecular complexity index is 1080. The molecule has 0 fully saturated rings. The van der Waals surface area contributed by atoms with E-state index in [9.17, 15) is 14.3 Å². The average Bonchev–Trinajstić information content (AvgIpc) is 3.09. The number of nitrogens with zero attached hydrogens (tertiary/aromatic N) is 1. The summed E-state index contributed by atoms with van der Waals surface area (Å²) in [6.07, 6.45) is 1.64. The van der Waals surface area contributed by atoms with Crippen molar-refractivity contribution in [1.29, 1.82) is 5.26 Å². The number of nitrogens with one attached hydrogen (secondary N) is 3. The van der Waals surface area contributed by atoms with Gasteiger partial charge in [-0.2, -0.15) is 5.26 Å². The number of hydrogen-bond acceptors (Lipinski definition) is 3. The van der Waals surface area contributed by atoms with Gasteiger partial charge in [-0.15, -0.1) is 0 Å². The van der Waals surface area contributed by atoms with Gasteiger partial charge >= 0.3 is 0 Å². The topological polar surface area (TPSA) is 97.8 Å². The molecule has 6 nitrogen and oxygen atoms in total. The molecule has 1 aromatic heterocycles. The van der Waals surface area contributed by atoms with Crippen molar-refractivity contribution in [2.45, 2.75) is 31.7 Å². The van der Waals surface area contributed by atoms with Crippen LogP contribution in [0.1, 0.15) is 35.3 Å². The molecule has 3 rings (SSSR count). The number of aryl methyl sites for hydroxylation is 1. The molecule has 0 aliphatic carbocycles. The Kier molecular flexibility index (Phi) is 5.28. The number of carbonyl (C=O) groups is 1. The number of H-pyrrole nitrogens is 1. The summed E-state index contributed by atoms with van der Waals surface area (Å²) in [5, 5.41) is 12.9. The zero-order valence-corrected chi connectivity index (χ0v) is 16.1. The Morgan fingerprint density at radius 2 is 2.04 bits per heavy atom. The van der Waals surface area contributed by atoms with E-state index in [-0.39, 0.29) is 11.9 Å². The fraction of sp³-hybridized carbons (Fsp3) is 0.200. The van der Waals surface area contributed by atoms with Crippen LogP contribution in [0.5, 0.6) is 0 Å². The molecule has 0 saturated heterocycles. The van der Waals surface area contributed by atoms with E-state index in [0.717, 1.165) is 16.5 Å². The average molecular weight is 380 g/mol. The number of aromatic nitrogens is 1. The highest BCUT2D eigenvalue weighted by molar-refractivity contribution is 7.86. The highest BCUT2D eigenvalue weighted by atomic mass is 32.2. The minimum Gasteiger partial charge on any atom is -0.358 e. The summed E-state index contributed by atoms with van der Waals surface area (Å²) >= 11 is 0. The number of aromatic amines is 1. The second kappa shape index (κ2) is 7.64. The molecule has 7 heteroatoms. The first-order chi connectivity index (χ1) is 12.9. The second-order valence-electron chi connectivity index (χ2n) is 6.52. The van der Waals surface area contributed by atoms with Crippen LogP contribution in [-0.4, -0.2) is 21.1 Å². The molecule has 1 heterocycles. The van der Waals surface area contributed by atoms with Gasteiger partial charge in [-0.3, -0.25) is 9.52 Å². The molecule has 138 valence electrons. The normalized spacial score (nSPS) is 12.0. The molecule has 3 N–H and O–H groups in total. The maximum atomic E-state index is 12.8. The van der Waals surface area contributed by atoms with Crippen molar-refractivity contribution in [1.82, 2.24) is 10.3 Å². The van der Waals surface area contributed by atoms with Gasteiger partial charge in [0.05, 0.1) is 21.7 Å². The SMILES string of the molecule is Cc1ccc(NS(=O)c2cccc(C(=O)NC(C)C)c2)c2[nH]cc(C#N)c12. The van der Waals surface area contributed by atoms with Crippen LogP contribution in [-0.2, 0) is 11.0 Å². The molecule has 1 unspecified atom stereocenters. The predicted molar refractivity (Wildman–Crippen MR) is 107 cm³/mol. The lowest BCUT2D eigenvalue weighted by Crippen LogP contribution is -2.30. The van der Waals surface area contributed by atoms with Crippen molar-refractivity contribution in [3.63, 3.8) is 0 Å². The van der Waals surface area contributed by atoms with Crippen LogP contribution in [0.3, 0.4) is 0 Å². The lowest BCUT2D eigenvalue weighted by Gasteiger charge is -2.11. The Labute approximate surface area is 160 Å². The number of nitriles is 1. The lowest BCUT2D eigenvalue weighted by molar-refractivity contribution is 0.0943. The van der Waals surface area contributed by atoms with Crippen LogP contribution in [0.4, 0.5) is 5.69 Å². The molecule has 1 amide bonds. The third-order valence-corrected chi connectivity index (χ3v) is 5.18. The van der Waals surface area contributed by atoms with E-state index in [0.29, 0.717) is 21.7 Å². The summed E-state index contributed by atoms with van der Waals surface area (Å²) in [6.45, 7) is 5.69. The van der Waals surface area contributed by atoms with Crippen molar-refractivity contribution < 1.29 is 9.00 Å². The van der Waals surface area contributed by atoms with Crippen LogP contribution in [0.25, 0.3) is 10.9 Å². The first kappa shape index (κ1) is 18.7. The largest absolute Gasteiger partial charge is 0.358 e. The first-order valence-corrected chi connectivity index (χ1v) is 9.66. The van der Waals surface area contributed by atoms with Crippen molar-refractivity contribution in [3.05, 3.63) is 59.3 Å². The van der Waals surface area contributed by atoms with Crippen LogP contribution in [0.15, 0.2) is 47.5 Å². The zero-order chi connectivity index (χ0) is 19.6. The monoisotopic (exact) mass is 380 g/mol. The van der Waals surface area contributed by atoms with Crippen LogP contribution < -0.4 is 10.0 Å². The number of amides is 1. The van der Waals surface area contributed by atoms with Gasteiger partial charge in [0.1, 0.15) is 17.1 Å². The summed E-state index contributed by atoms with van der Waals surface area (Å²) < 4.78 is 15.8. The number of hydrogen-bond donors (Lipinski definition) is 3. The molecule has 3 aromatic rings. The number of benzene rings is 2.